The smallest absolute Gasteiger partial charge is 0.258 e. The zero-order chi connectivity index (χ0) is 16.1. The number of hydrogen-bond donors (Lipinski definition) is 2. The van der Waals surface area contributed by atoms with Crippen LogP contribution in [0.1, 0.15) is 17.5 Å². The van der Waals surface area contributed by atoms with E-state index in [-0.39, 0.29) is 18.4 Å². The second kappa shape index (κ2) is 6.91. The van der Waals surface area contributed by atoms with Gasteiger partial charge >= 0.3 is 0 Å². The number of nitrogens with one attached hydrogen (secondary N) is 2. The van der Waals surface area contributed by atoms with Gasteiger partial charge in [0.05, 0.1) is 5.69 Å². The van der Waals surface area contributed by atoms with Gasteiger partial charge in [-0.2, -0.15) is 0 Å². The molecule has 2 N–H and O–H groups in total. The minimum atomic E-state index is -0.228. The quantitative estimate of drug-likeness (QED) is 0.880. The lowest BCUT2D eigenvalue weighted by molar-refractivity contribution is -0.123. The second-order valence-corrected chi connectivity index (χ2v) is 5.27. The van der Waals surface area contributed by atoms with Gasteiger partial charge in [0.25, 0.3) is 5.91 Å². The van der Waals surface area contributed by atoms with Crippen molar-refractivity contribution in [3.63, 3.8) is 0 Å². The molecule has 0 bridgehead atoms. The summed E-state index contributed by atoms with van der Waals surface area (Å²) < 4.78 is 5.56. The average Bonchev–Trinajstić information content (AvgIpc) is 2.59. The van der Waals surface area contributed by atoms with E-state index in [2.05, 4.69) is 15.6 Å². The molecule has 0 spiro atoms. The summed E-state index contributed by atoms with van der Waals surface area (Å²) in [5.41, 5.74) is 2.62. The highest BCUT2D eigenvalue weighted by Crippen LogP contribution is 2.32. The van der Waals surface area contributed by atoms with Crippen molar-refractivity contribution in [2.45, 2.75) is 19.4 Å². The van der Waals surface area contributed by atoms with Crippen LogP contribution < -0.4 is 15.4 Å². The Morgan fingerprint density at radius 3 is 3.00 bits per heavy atom. The summed E-state index contributed by atoms with van der Waals surface area (Å²) >= 11 is 0. The first-order valence-corrected chi connectivity index (χ1v) is 7.42. The first-order chi connectivity index (χ1) is 11.2. The molecule has 0 unspecified atom stereocenters. The van der Waals surface area contributed by atoms with E-state index in [4.69, 9.17) is 4.74 Å². The van der Waals surface area contributed by atoms with Gasteiger partial charge in [0.1, 0.15) is 5.75 Å². The number of anilines is 1. The third-order valence-corrected chi connectivity index (χ3v) is 3.57. The number of nitrogens with zero attached hydrogens (tertiary/aromatic N) is 1. The number of amides is 2. The summed E-state index contributed by atoms with van der Waals surface area (Å²) in [6.07, 6.45) is 4.54. The van der Waals surface area contributed by atoms with Gasteiger partial charge < -0.3 is 15.4 Å². The third-order valence-electron chi connectivity index (χ3n) is 3.57. The summed E-state index contributed by atoms with van der Waals surface area (Å²) in [5.74, 6) is 0.259. The lowest BCUT2D eigenvalue weighted by Crippen LogP contribution is -2.29. The number of carbonyl (C=O) groups excluding carboxylic acids is 2. The molecule has 0 radical (unpaired) electrons. The third kappa shape index (κ3) is 3.85. The van der Waals surface area contributed by atoms with Gasteiger partial charge in [0, 0.05) is 25.4 Å². The maximum atomic E-state index is 11.9. The number of hydrogen-bond acceptors (Lipinski definition) is 4. The Kier molecular flexibility index (Phi) is 4.52. The largest absolute Gasteiger partial charge is 0.482 e. The van der Waals surface area contributed by atoms with E-state index in [1.54, 1.807) is 18.5 Å². The van der Waals surface area contributed by atoms with E-state index >= 15 is 0 Å². The number of aromatic nitrogens is 1. The van der Waals surface area contributed by atoms with Crippen molar-refractivity contribution in [2.24, 2.45) is 0 Å². The van der Waals surface area contributed by atoms with E-state index in [0.717, 1.165) is 11.1 Å². The summed E-state index contributed by atoms with van der Waals surface area (Å²) in [6, 6.07) is 9.26. The topological polar surface area (TPSA) is 80.3 Å². The number of rotatable bonds is 5. The molecule has 118 valence electrons. The molecule has 1 aromatic heterocycles. The van der Waals surface area contributed by atoms with Crippen molar-refractivity contribution in [1.29, 1.82) is 0 Å². The Labute approximate surface area is 133 Å². The molecular formula is C17H17N3O3. The molecule has 2 aromatic rings. The monoisotopic (exact) mass is 311 g/mol. The van der Waals surface area contributed by atoms with Crippen LogP contribution in [0, 0.1) is 0 Å². The maximum Gasteiger partial charge on any atom is 0.258 e. The van der Waals surface area contributed by atoms with E-state index in [1.807, 2.05) is 24.3 Å². The molecule has 0 saturated carbocycles. The number of fused-ring (bicyclic) bond motifs is 1. The van der Waals surface area contributed by atoms with E-state index in [9.17, 15) is 9.59 Å². The summed E-state index contributed by atoms with van der Waals surface area (Å²) in [4.78, 5) is 27.4. The molecule has 6 heteroatoms. The molecule has 23 heavy (non-hydrogen) atoms. The Balaban J connectivity index is 1.56. The van der Waals surface area contributed by atoms with Crippen molar-refractivity contribution in [3.05, 3.63) is 53.9 Å². The van der Waals surface area contributed by atoms with Gasteiger partial charge in [-0.1, -0.05) is 18.2 Å². The highest BCUT2D eigenvalue weighted by atomic mass is 16.5. The summed E-state index contributed by atoms with van der Waals surface area (Å²) in [6.45, 7) is 0.298. The van der Waals surface area contributed by atoms with Gasteiger partial charge in [-0.05, 0) is 29.7 Å². The lowest BCUT2D eigenvalue weighted by atomic mass is 10.0. The van der Waals surface area contributed by atoms with Gasteiger partial charge in [-0.25, -0.2) is 0 Å². The van der Waals surface area contributed by atoms with Crippen LogP contribution in [-0.2, 0) is 22.6 Å². The Bertz CT molecular complexity index is 716. The predicted molar refractivity (Wildman–Crippen MR) is 85.0 cm³/mol. The molecule has 0 fully saturated rings. The number of carbonyl (C=O) groups is 2. The van der Waals surface area contributed by atoms with Gasteiger partial charge in [-0.15, -0.1) is 0 Å². The summed E-state index contributed by atoms with van der Waals surface area (Å²) in [5, 5.41) is 5.57. The Morgan fingerprint density at radius 1 is 1.26 bits per heavy atom. The average molecular weight is 311 g/mol. The minimum absolute atomic E-state index is 0.0328. The van der Waals surface area contributed by atoms with Crippen molar-refractivity contribution in [3.8, 4) is 5.75 Å². The maximum absolute atomic E-state index is 11.9. The molecule has 2 heterocycles. The van der Waals surface area contributed by atoms with Crippen LogP contribution in [0.15, 0.2) is 42.7 Å². The molecular weight excluding hydrogens is 294 g/mol. The fraction of sp³-hybridized carbons (Fsp3) is 0.235. The van der Waals surface area contributed by atoms with Gasteiger partial charge in [0.15, 0.2) is 6.61 Å². The first-order valence-electron chi connectivity index (χ1n) is 7.42. The molecule has 6 nitrogen and oxygen atoms in total. The molecule has 1 aromatic carbocycles. The van der Waals surface area contributed by atoms with Gasteiger partial charge in [-0.3, -0.25) is 14.6 Å². The van der Waals surface area contributed by atoms with Crippen molar-refractivity contribution >= 4 is 17.5 Å². The number of pyridine rings is 1. The zero-order valence-electron chi connectivity index (χ0n) is 12.5. The number of para-hydroxylation sites is 1. The SMILES string of the molecule is O=C(COc1cccc2c1NC(=O)CC2)NCc1cccnc1. The molecule has 1 aliphatic heterocycles. The molecule has 2 amide bonds. The Hall–Kier alpha value is -2.89. The highest BCUT2D eigenvalue weighted by molar-refractivity contribution is 5.95. The van der Waals surface area contributed by atoms with Crippen molar-refractivity contribution < 1.29 is 14.3 Å². The summed E-state index contributed by atoms with van der Waals surface area (Å²) in [7, 11) is 0. The fourth-order valence-electron chi connectivity index (χ4n) is 2.39. The zero-order valence-corrected chi connectivity index (χ0v) is 12.5. The fourth-order valence-corrected chi connectivity index (χ4v) is 2.39. The molecule has 0 saturated heterocycles. The molecule has 0 atom stereocenters. The van der Waals surface area contributed by atoms with E-state index < -0.39 is 0 Å². The van der Waals surface area contributed by atoms with Crippen molar-refractivity contribution in [2.75, 3.05) is 11.9 Å². The van der Waals surface area contributed by atoms with E-state index in [0.29, 0.717) is 30.8 Å². The van der Waals surface area contributed by atoms with Crippen LogP contribution >= 0.6 is 0 Å². The van der Waals surface area contributed by atoms with Gasteiger partial charge in [0.2, 0.25) is 5.91 Å². The lowest BCUT2D eigenvalue weighted by Gasteiger charge is -2.20. The van der Waals surface area contributed by atoms with Crippen molar-refractivity contribution in [1.82, 2.24) is 10.3 Å². The molecule has 0 aliphatic carbocycles. The van der Waals surface area contributed by atoms with Crippen LogP contribution in [0.3, 0.4) is 0 Å². The number of aryl methyl sites for hydroxylation is 1. The van der Waals surface area contributed by atoms with E-state index in [1.165, 1.54) is 0 Å². The van der Waals surface area contributed by atoms with Crippen LogP contribution in [0.25, 0.3) is 0 Å². The molecule has 3 rings (SSSR count). The van der Waals surface area contributed by atoms with Crippen LogP contribution in [0.2, 0.25) is 0 Å². The highest BCUT2D eigenvalue weighted by Gasteiger charge is 2.18. The van der Waals surface area contributed by atoms with Crippen LogP contribution in [0.5, 0.6) is 5.75 Å². The molecule has 1 aliphatic rings. The Morgan fingerprint density at radius 2 is 2.17 bits per heavy atom. The van der Waals surface area contributed by atoms with Crippen LogP contribution in [-0.4, -0.2) is 23.4 Å². The second-order valence-electron chi connectivity index (χ2n) is 5.27. The standard InChI is InChI=1S/C17H17N3O3/c21-15-7-6-13-4-1-5-14(17(13)20-15)23-11-16(22)19-10-12-3-2-8-18-9-12/h1-5,8-9H,6-7,10-11H2,(H,19,22)(H,20,21). The first kappa shape index (κ1) is 15.0. The van der Waals surface area contributed by atoms with Crippen LogP contribution in [0.4, 0.5) is 5.69 Å². The number of ether oxygens (including phenoxy) is 1. The predicted octanol–water partition coefficient (Wildman–Crippen LogP) is 1.66. The minimum Gasteiger partial charge on any atom is -0.482 e. The number of benzene rings is 1. The normalized spacial score (nSPS) is 13.0.